The maximum absolute atomic E-state index is 9.83. The molecule has 1 rings (SSSR count). The van der Waals surface area contributed by atoms with Gasteiger partial charge in [0.05, 0.1) is 5.69 Å². The summed E-state index contributed by atoms with van der Waals surface area (Å²) in [6.45, 7) is 5.50. The summed E-state index contributed by atoms with van der Waals surface area (Å²) in [4.78, 5) is 8.12. The van der Waals surface area contributed by atoms with Crippen LogP contribution in [0.1, 0.15) is 31.8 Å². The maximum Gasteiger partial charge on any atom is 0.125 e. The SMILES string of the molecule is CCC(C)(O)c1ccnc(C)n1. The predicted molar refractivity (Wildman–Crippen MR) is 46.6 cm³/mol. The summed E-state index contributed by atoms with van der Waals surface area (Å²) in [6, 6.07) is 1.75. The van der Waals surface area contributed by atoms with Crippen molar-refractivity contribution in [3.05, 3.63) is 23.8 Å². The first kappa shape index (κ1) is 9.13. The molecular formula is C9H14N2O. The molecule has 0 saturated heterocycles. The molecule has 0 saturated carbocycles. The topological polar surface area (TPSA) is 46.0 Å². The summed E-state index contributed by atoms with van der Waals surface area (Å²) in [5.74, 6) is 0.696. The Morgan fingerprint density at radius 1 is 1.58 bits per heavy atom. The van der Waals surface area contributed by atoms with Crippen molar-refractivity contribution < 1.29 is 5.11 Å². The van der Waals surface area contributed by atoms with E-state index in [2.05, 4.69) is 9.97 Å². The molecule has 0 fully saturated rings. The summed E-state index contributed by atoms with van der Waals surface area (Å²) in [7, 11) is 0. The van der Waals surface area contributed by atoms with Crippen LogP contribution in [-0.4, -0.2) is 15.1 Å². The van der Waals surface area contributed by atoms with Gasteiger partial charge in [-0.3, -0.25) is 0 Å². The van der Waals surface area contributed by atoms with Gasteiger partial charge in [-0.15, -0.1) is 0 Å². The average Bonchev–Trinajstić information content (AvgIpc) is 2.05. The second-order valence-corrected chi connectivity index (χ2v) is 3.12. The molecule has 0 radical (unpaired) electrons. The van der Waals surface area contributed by atoms with Crippen molar-refractivity contribution in [2.24, 2.45) is 0 Å². The van der Waals surface area contributed by atoms with Crippen LogP contribution >= 0.6 is 0 Å². The molecule has 0 aromatic carbocycles. The van der Waals surface area contributed by atoms with E-state index in [0.717, 1.165) is 0 Å². The zero-order valence-electron chi connectivity index (χ0n) is 7.70. The highest BCUT2D eigenvalue weighted by Gasteiger charge is 2.21. The third-order valence-electron chi connectivity index (χ3n) is 2.02. The first-order valence-corrected chi connectivity index (χ1v) is 4.09. The lowest BCUT2D eigenvalue weighted by atomic mass is 9.99. The van der Waals surface area contributed by atoms with E-state index in [1.54, 1.807) is 19.2 Å². The molecule has 0 aliphatic heterocycles. The van der Waals surface area contributed by atoms with Gasteiger partial charge in [0.25, 0.3) is 0 Å². The van der Waals surface area contributed by atoms with Crippen LogP contribution < -0.4 is 0 Å². The second kappa shape index (κ2) is 3.19. The highest BCUT2D eigenvalue weighted by atomic mass is 16.3. The zero-order valence-corrected chi connectivity index (χ0v) is 7.70. The van der Waals surface area contributed by atoms with Crippen molar-refractivity contribution >= 4 is 0 Å². The van der Waals surface area contributed by atoms with Crippen molar-refractivity contribution in [1.82, 2.24) is 9.97 Å². The molecule has 12 heavy (non-hydrogen) atoms. The van der Waals surface area contributed by atoms with Crippen LogP contribution in [0.2, 0.25) is 0 Å². The van der Waals surface area contributed by atoms with Crippen LogP contribution in [0.4, 0.5) is 0 Å². The van der Waals surface area contributed by atoms with Crippen molar-refractivity contribution in [2.45, 2.75) is 32.8 Å². The third kappa shape index (κ3) is 1.80. The van der Waals surface area contributed by atoms with Crippen molar-refractivity contribution in [1.29, 1.82) is 0 Å². The molecule has 66 valence electrons. The fourth-order valence-corrected chi connectivity index (χ4v) is 0.937. The lowest BCUT2D eigenvalue weighted by Gasteiger charge is -2.20. The molecule has 0 amide bonds. The molecule has 3 nitrogen and oxygen atoms in total. The highest BCUT2D eigenvalue weighted by molar-refractivity contribution is 5.09. The predicted octanol–water partition coefficient (Wildman–Crippen LogP) is 1.40. The molecule has 0 aliphatic carbocycles. The van der Waals surface area contributed by atoms with Gasteiger partial charge in [0.15, 0.2) is 0 Å². The molecule has 1 aromatic heterocycles. The average molecular weight is 166 g/mol. The molecule has 1 atom stereocenters. The van der Waals surface area contributed by atoms with Gasteiger partial charge in [0, 0.05) is 6.20 Å². The van der Waals surface area contributed by atoms with Crippen LogP contribution in [0.15, 0.2) is 12.3 Å². The van der Waals surface area contributed by atoms with Crippen LogP contribution in [0.3, 0.4) is 0 Å². The Morgan fingerprint density at radius 2 is 2.25 bits per heavy atom. The quantitative estimate of drug-likeness (QED) is 0.722. The number of aliphatic hydroxyl groups is 1. The van der Waals surface area contributed by atoms with Gasteiger partial charge < -0.3 is 5.11 Å². The smallest absolute Gasteiger partial charge is 0.125 e. The summed E-state index contributed by atoms with van der Waals surface area (Å²) in [5.41, 5.74) is -0.134. The minimum atomic E-state index is -0.826. The van der Waals surface area contributed by atoms with Crippen LogP contribution in [0.5, 0.6) is 0 Å². The molecule has 1 aromatic rings. The minimum Gasteiger partial charge on any atom is -0.384 e. The molecule has 1 heterocycles. The van der Waals surface area contributed by atoms with E-state index in [-0.39, 0.29) is 0 Å². The molecule has 0 aliphatic rings. The molecule has 1 unspecified atom stereocenters. The van der Waals surface area contributed by atoms with Gasteiger partial charge >= 0.3 is 0 Å². The standard InChI is InChI=1S/C9H14N2O/c1-4-9(3,12)8-5-6-10-7(2)11-8/h5-6,12H,4H2,1-3H3. The van der Waals surface area contributed by atoms with Crippen LogP contribution in [-0.2, 0) is 5.60 Å². The van der Waals surface area contributed by atoms with E-state index in [1.165, 1.54) is 0 Å². The maximum atomic E-state index is 9.83. The normalized spacial score (nSPS) is 15.7. The van der Waals surface area contributed by atoms with E-state index >= 15 is 0 Å². The van der Waals surface area contributed by atoms with Gasteiger partial charge in [0.1, 0.15) is 11.4 Å². The molecule has 3 heteroatoms. The van der Waals surface area contributed by atoms with Gasteiger partial charge in [-0.05, 0) is 26.3 Å². The van der Waals surface area contributed by atoms with E-state index in [9.17, 15) is 5.11 Å². The van der Waals surface area contributed by atoms with Gasteiger partial charge in [-0.25, -0.2) is 9.97 Å². The third-order valence-corrected chi connectivity index (χ3v) is 2.02. The number of aryl methyl sites for hydroxylation is 1. The Labute approximate surface area is 72.5 Å². The van der Waals surface area contributed by atoms with Crippen LogP contribution in [0, 0.1) is 6.92 Å². The number of hydrogen-bond acceptors (Lipinski definition) is 3. The minimum absolute atomic E-state index is 0.656. The van der Waals surface area contributed by atoms with Gasteiger partial charge in [-0.2, -0.15) is 0 Å². The van der Waals surface area contributed by atoms with E-state index in [1.807, 2.05) is 13.8 Å². The first-order chi connectivity index (χ1) is 5.56. The lowest BCUT2D eigenvalue weighted by molar-refractivity contribution is 0.0482. The fourth-order valence-electron chi connectivity index (χ4n) is 0.937. The van der Waals surface area contributed by atoms with Gasteiger partial charge in [0.2, 0.25) is 0 Å². The molecule has 0 spiro atoms. The van der Waals surface area contributed by atoms with Crippen molar-refractivity contribution in [3.8, 4) is 0 Å². The fraction of sp³-hybridized carbons (Fsp3) is 0.556. The Bertz CT molecular complexity index is 271. The number of aromatic nitrogens is 2. The van der Waals surface area contributed by atoms with E-state index in [4.69, 9.17) is 0 Å². The van der Waals surface area contributed by atoms with Crippen molar-refractivity contribution in [3.63, 3.8) is 0 Å². The summed E-state index contributed by atoms with van der Waals surface area (Å²) < 4.78 is 0. The van der Waals surface area contributed by atoms with E-state index < -0.39 is 5.60 Å². The van der Waals surface area contributed by atoms with E-state index in [0.29, 0.717) is 17.9 Å². The number of rotatable bonds is 2. The Morgan fingerprint density at radius 3 is 2.75 bits per heavy atom. The Kier molecular flexibility index (Phi) is 2.43. The second-order valence-electron chi connectivity index (χ2n) is 3.12. The Balaban J connectivity index is 3.03. The van der Waals surface area contributed by atoms with Gasteiger partial charge in [-0.1, -0.05) is 6.92 Å². The molecule has 0 bridgehead atoms. The first-order valence-electron chi connectivity index (χ1n) is 4.09. The van der Waals surface area contributed by atoms with Crippen LogP contribution in [0.25, 0.3) is 0 Å². The largest absolute Gasteiger partial charge is 0.384 e. The summed E-state index contributed by atoms with van der Waals surface area (Å²) >= 11 is 0. The zero-order chi connectivity index (χ0) is 9.19. The molecular weight excluding hydrogens is 152 g/mol. The number of hydrogen-bond donors (Lipinski definition) is 1. The summed E-state index contributed by atoms with van der Waals surface area (Å²) in [6.07, 6.45) is 2.32. The highest BCUT2D eigenvalue weighted by Crippen LogP contribution is 2.21. The molecule has 1 N–H and O–H groups in total. The number of nitrogens with zero attached hydrogens (tertiary/aromatic N) is 2. The summed E-state index contributed by atoms with van der Waals surface area (Å²) in [5, 5.41) is 9.83. The lowest BCUT2D eigenvalue weighted by Crippen LogP contribution is -2.21. The monoisotopic (exact) mass is 166 g/mol. The Hall–Kier alpha value is -0.960. The van der Waals surface area contributed by atoms with Crippen molar-refractivity contribution in [2.75, 3.05) is 0 Å².